The van der Waals surface area contributed by atoms with Crippen LogP contribution in [0.5, 0.6) is 0 Å². The minimum atomic E-state index is -1.31. The Hall–Kier alpha value is -2.67. The molecule has 0 saturated carbocycles. The van der Waals surface area contributed by atoms with Gasteiger partial charge in [-0.25, -0.2) is 0 Å². The zero-order valence-electron chi connectivity index (χ0n) is 15.9. The summed E-state index contributed by atoms with van der Waals surface area (Å²) in [5.41, 5.74) is 0.775. The lowest BCUT2D eigenvalue weighted by atomic mass is 9.73. The third-order valence-corrected chi connectivity index (χ3v) is 5.68. The molecule has 0 unspecified atom stereocenters. The molecule has 1 aromatic carbocycles. The van der Waals surface area contributed by atoms with Gasteiger partial charge in [-0.2, -0.15) is 5.10 Å². The van der Waals surface area contributed by atoms with Gasteiger partial charge in [0.1, 0.15) is 5.41 Å². The quantitative estimate of drug-likeness (QED) is 0.645. The van der Waals surface area contributed by atoms with Crippen molar-refractivity contribution < 1.29 is 19.8 Å². The zero-order valence-corrected chi connectivity index (χ0v) is 15.9. The first-order valence-electron chi connectivity index (χ1n) is 9.72. The van der Waals surface area contributed by atoms with Gasteiger partial charge in [0.05, 0.1) is 12.3 Å². The molecule has 0 bridgehead atoms. The van der Waals surface area contributed by atoms with Crippen LogP contribution in [0.3, 0.4) is 0 Å². The summed E-state index contributed by atoms with van der Waals surface area (Å²) in [5, 5.41) is 27.0. The van der Waals surface area contributed by atoms with Gasteiger partial charge in [-0.15, -0.1) is 0 Å². The minimum absolute atomic E-state index is 0.0580. The van der Waals surface area contributed by atoms with E-state index in [0.717, 1.165) is 17.5 Å². The maximum Gasteiger partial charge on any atom is 0.314 e. The summed E-state index contributed by atoms with van der Waals surface area (Å²) >= 11 is 0. The van der Waals surface area contributed by atoms with Crippen LogP contribution >= 0.6 is 0 Å². The number of carboxylic acid groups (broad SMARTS) is 1. The number of benzene rings is 1. The Morgan fingerprint density at radius 1 is 1.21 bits per heavy atom. The van der Waals surface area contributed by atoms with E-state index in [2.05, 4.69) is 10.2 Å². The van der Waals surface area contributed by atoms with E-state index in [0.29, 0.717) is 32.2 Å². The van der Waals surface area contributed by atoms with E-state index in [1.54, 1.807) is 17.3 Å². The van der Waals surface area contributed by atoms with Crippen molar-refractivity contribution in [2.24, 2.45) is 5.41 Å². The largest absolute Gasteiger partial charge is 0.481 e. The van der Waals surface area contributed by atoms with Crippen molar-refractivity contribution in [1.29, 1.82) is 0 Å². The number of rotatable bonds is 8. The lowest BCUT2D eigenvalue weighted by molar-refractivity contribution is -0.167. The number of aromatic nitrogens is 2. The molecule has 3 N–H and O–H groups in total. The molecular weight excluding hydrogens is 358 g/mol. The van der Waals surface area contributed by atoms with Gasteiger partial charge in [0.2, 0.25) is 5.91 Å². The molecular formula is C21H27N3O4. The fraction of sp³-hybridized carbons (Fsp3) is 0.476. The first-order valence-corrected chi connectivity index (χ1v) is 9.72. The van der Waals surface area contributed by atoms with Gasteiger partial charge < -0.3 is 15.1 Å². The summed E-state index contributed by atoms with van der Waals surface area (Å²) in [7, 11) is 0. The molecule has 1 aliphatic heterocycles. The molecule has 2 aromatic rings. The number of hydrogen-bond acceptors (Lipinski definition) is 4. The van der Waals surface area contributed by atoms with Crippen molar-refractivity contribution in [3.63, 3.8) is 0 Å². The normalized spacial score (nSPS) is 22.2. The number of likely N-dealkylation sites (tertiary alicyclic amines) is 1. The van der Waals surface area contributed by atoms with E-state index < -0.39 is 17.5 Å². The highest BCUT2D eigenvalue weighted by molar-refractivity contribution is 5.80. The number of hydrogen-bond donors (Lipinski definition) is 3. The molecule has 150 valence electrons. The number of carboxylic acids is 1. The van der Waals surface area contributed by atoms with Crippen LogP contribution in [-0.4, -0.2) is 56.4 Å². The lowest BCUT2D eigenvalue weighted by Crippen LogP contribution is -2.57. The summed E-state index contributed by atoms with van der Waals surface area (Å²) in [6, 6.07) is 9.88. The summed E-state index contributed by atoms with van der Waals surface area (Å²) < 4.78 is 0. The molecule has 0 radical (unpaired) electrons. The third kappa shape index (κ3) is 4.59. The zero-order chi connectivity index (χ0) is 20.0. The van der Waals surface area contributed by atoms with Gasteiger partial charge >= 0.3 is 5.97 Å². The number of aliphatic hydroxyl groups is 1. The third-order valence-electron chi connectivity index (χ3n) is 5.68. The van der Waals surface area contributed by atoms with Gasteiger partial charge in [-0.05, 0) is 43.2 Å². The molecule has 1 aromatic heterocycles. The molecule has 2 heterocycles. The van der Waals surface area contributed by atoms with Crippen molar-refractivity contribution in [2.75, 3.05) is 13.1 Å². The number of amides is 1. The van der Waals surface area contributed by atoms with Crippen LogP contribution in [0.1, 0.15) is 36.8 Å². The highest BCUT2D eigenvalue weighted by Gasteiger charge is 2.49. The molecule has 1 saturated heterocycles. The monoisotopic (exact) mass is 385 g/mol. The fourth-order valence-electron chi connectivity index (χ4n) is 3.93. The van der Waals surface area contributed by atoms with Crippen LogP contribution in [0.2, 0.25) is 0 Å². The van der Waals surface area contributed by atoms with Crippen molar-refractivity contribution >= 4 is 11.9 Å². The van der Waals surface area contributed by atoms with Crippen molar-refractivity contribution in [2.45, 2.75) is 44.6 Å². The molecule has 0 aliphatic carbocycles. The van der Waals surface area contributed by atoms with Crippen LogP contribution in [0.25, 0.3) is 0 Å². The summed E-state index contributed by atoms with van der Waals surface area (Å²) in [6.07, 6.45) is 5.35. The predicted molar refractivity (Wildman–Crippen MR) is 104 cm³/mol. The standard InChI is InChI=1S/C21H27N3O4/c25-18-10-12-24(19(26)9-8-17-13-22-23-14-17)15-21(18,20(27)28)11-4-7-16-5-2-1-3-6-16/h1-3,5-6,13-14,18,25H,4,7-12,15H2,(H,22,23)(H,27,28)/t18-,21+/m0/s1. The number of nitrogens with zero attached hydrogens (tertiary/aromatic N) is 2. The number of nitrogens with one attached hydrogen (secondary N) is 1. The highest BCUT2D eigenvalue weighted by atomic mass is 16.4. The first-order chi connectivity index (χ1) is 13.5. The van der Waals surface area contributed by atoms with Crippen molar-refractivity contribution in [1.82, 2.24) is 15.1 Å². The van der Waals surface area contributed by atoms with E-state index in [4.69, 9.17) is 0 Å². The second-order valence-corrected chi connectivity index (χ2v) is 7.53. The molecule has 3 rings (SSSR count). The molecule has 7 nitrogen and oxygen atoms in total. The van der Waals surface area contributed by atoms with Gasteiger partial charge in [0.25, 0.3) is 0 Å². The summed E-state index contributed by atoms with van der Waals surface area (Å²) in [5.74, 6) is -1.11. The topological polar surface area (TPSA) is 107 Å². The van der Waals surface area contributed by atoms with Gasteiger partial charge in [-0.1, -0.05) is 30.3 Å². The van der Waals surface area contributed by atoms with E-state index in [1.165, 1.54) is 0 Å². The van der Waals surface area contributed by atoms with E-state index >= 15 is 0 Å². The number of aliphatic carboxylic acids is 1. The maximum atomic E-state index is 12.6. The number of H-pyrrole nitrogens is 1. The number of carbonyl (C=O) groups excluding carboxylic acids is 1. The molecule has 2 atom stereocenters. The van der Waals surface area contributed by atoms with Gasteiger partial charge in [-0.3, -0.25) is 14.7 Å². The van der Waals surface area contributed by atoms with Crippen LogP contribution in [0, 0.1) is 5.41 Å². The van der Waals surface area contributed by atoms with Gasteiger partial charge in [0.15, 0.2) is 0 Å². The van der Waals surface area contributed by atoms with E-state index in [9.17, 15) is 19.8 Å². The van der Waals surface area contributed by atoms with Crippen molar-refractivity contribution in [3.05, 3.63) is 53.9 Å². The lowest BCUT2D eigenvalue weighted by Gasteiger charge is -2.43. The van der Waals surface area contributed by atoms with Gasteiger partial charge in [0, 0.05) is 25.7 Å². The molecule has 7 heteroatoms. The Bertz CT molecular complexity index is 778. The summed E-state index contributed by atoms with van der Waals surface area (Å²) in [4.78, 5) is 26.4. The smallest absolute Gasteiger partial charge is 0.314 e. The summed E-state index contributed by atoms with van der Waals surface area (Å²) in [6.45, 7) is 0.446. The number of carbonyl (C=O) groups is 2. The average Bonchev–Trinajstić information content (AvgIpc) is 3.22. The Labute approximate surface area is 164 Å². The Balaban J connectivity index is 1.62. The molecule has 28 heavy (non-hydrogen) atoms. The predicted octanol–water partition coefficient (Wildman–Crippen LogP) is 2.03. The van der Waals surface area contributed by atoms with E-state index in [-0.39, 0.29) is 18.9 Å². The van der Waals surface area contributed by atoms with Crippen LogP contribution in [-0.2, 0) is 22.4 Å². The molecule has 1 amide bonds. The number of aryl methyl sites for hydroxylation is 2. The molecule has 1 fully saturated rings. The fourth-order valence-corrected chi connectivity index (χ4v) is 3.93. The van der Waals surface area contributed by atoms with Crippen molar-refractivity contribution in [3.8, 4) is 0 Å². The molecule has 0 spiro atoms. The highest BCUT2D eigenvalue weighted by Crippen LogP contribution is 2.36. The average molecular weight is 385 g/mol. The SMILES string of the molecule is O=C(CCc1cn[nH]c1)N1CC[C@H](O)[C@](CCCc2ccccc2)(C(=O)O)C1. The van der Waals surface area contributed by atoms with Crippen LogP contribution in [0.4, 0.5) is 0 Å². The Kier molecular flexibility index (Phi) is 6.46. The second-order valence-electron chi connectivity index (χ2n) is 7.53. The number of aromatic amines is 1. The number of aliphatic hydroxyl groups excluding tert-OH is 1. The Morgan fingerprint density at radius 3 is 2.68 bits per heavy atom. The number of piperidine rings is 1. The van der Waals surface area contributed by atoms with Crippen LogP contribution in [0.15, 0.2) is 42.7 Å². The maximum absolute atomic E-state index is 12.6. The van der Waals surface area contributed by atoms with Crippen LogP contribution < -0.4 is 0 Å². The van der Waals surface area contributed by atoms with E-state index in [1.807, 2.05) is 30.3 Å². The first kappa shape index (κ1) is 20.1. The minimum Gasteiger partial charge on any atom is -0.481 e. The Morgan fingerprint density at radius 2 is 2.00 bits per heavy atom. The molecule has 1 aliphatic rings. The second kappa shape index (κ2) is 9.01.